The molecule has 1 aliphatic rings. The second-order valence-electron chi connectivity index (χ2n) is 10.7. The number of unbranched alkanes of at least 4 members (excludes halogenated alkanes) is 8. The zero-order valence-corrected chi connectivity index (χ0v) is 22.7. The van der Waals surface area contributed by atoms with Crippen molar-refractivity contribution in [2.24, 2.45) is 11.8 Å². The molecule has 0 aromatic heterocycles. The SMILES string of the molecule is CCCCCCCCC1CC1CCCCCCC(COC(=O)c1ccccc1)OC(=O)c1ccccc1. The lowest BCUT2D eigenvalue weighted by molar-refractivity contribution is -0.00341. The van der Waals surface area contributed by atoms with Gasteiger partial charge in [0.05, 0.1) is 11.1 Å². The minimum atomic E-state index is -0.439. The summed E-state index contributed by atoms with van der Waals surface area (Å²) >= 11 is 0. The zero-order valence-electron chi connectivity index (χ0n) is 22.7. The fourth-order valence-electron chi connectivity index (χ4n) is 5.13. The third-order valence-electron chi connectivity index (χ3n) is 7.54. The maximum atomic E-state index is 12.6. The Bertz CT molecular complexity index is 895. The van der Waals surface area contributed by atoms with Gasteiger partial charge in [-0.15, -0.1) is 0 Å². The molecule has 0 radical (unpaired) electrons. The number of carbonyl (C=O) groups excluding carboxylic acids is 2. The van der Waals surface area contributed by atoms with E-state index in [4.69, 9.17) is 9.47 Å². The maximum absolute atomic E-state index is 12.6. The van der Waals surface area contributed by atoms with Gasteiger partial charge in [-0.05, 0) is 55.4 Å². The number of hydrogen-bond acceptors (Lipinski definition) is 4. The highest BCUT2D eigenvalue weighted by molar-refractivity contribution is 5.90. The summed E-state index contributed by atoms with van der Waals surface area (Å²) in [5.41, 5.74) is 1.02. The van der Waals surface area contributed by atoms with Gasteiger partial charge in [-0.1, -0.05) is 114 Å². The van der Waals surface area contributed by atoms with E-state index in [0.29, 0.717) is 17.5 Å². The van der Waals surface area contributed by atoms with Crippen molar-refractivity contribution in [1.82, 2.24) is 0 Å². The fraction of sp³-hybridized carbons (Fsp3) is 0.576. The van der Waals surface area contributed by atoms with Crippen LogP contribution < -0.4 is 0 Å². The van der Waals surface area contributed by atoms with Crippen molar-refractivity contribution < 1.29 is 19.1 Å². The van der Waals surface area contributed by atoms with Crippen LogP contribution in [0.4, 0.5) is 0 Å². The van der Waals surface area contributed by atoms with Crippen molar-refractivity contribution in [3.63, 3.8) is 0 Å². The smallest absolute Gasteiger partial charge is 0.338 e. The molecule has 3 rings (SSSR count). The molecule has 0 saturated heterocycles. The van der Waals surface area contributed by atoms with Gasteiger partial charge in [0.2, 0.25) is 0 Å². The Balaban J connectivity index is 1.31. The third-order valence-corrected chi connectivity index (χ3v) is 7.54. The molecule has 1 fully saturated rings. The van der Waals surface area contributed by atoms with Crippen molar-refractivity contribution in [3.8, 4) is 0 Å². The number of ether oxygens (including phenoxy) is 2. The van der Waals surface area contributed by atoms with E-state index in [1.807, 2.05) is 36.4 Å². The van der Waals surface area contributed by atoms with Crippen LogP contribution in [0.3, 0.4) is 0 Å². The molecule has 0 heterocycles. The first-order valence-corrected chi connectivity index (χ1v) is 14.7. The quantitative estimate of drug-likeness (QED) is 0.141. The summed E-state index contributed by atoms with van der Waals surface area (Å²) in [6.45, 7) is 2.35. The largest absolute Gasteiger partial charge is 0.458 e. The monoisotopic (exact) mass is 506 g/mol. The Labute approximate surface area is 224 Å². The second-order valence-corrected chi connectivity index (χ2v) is 10.7. The highest BCUT2D eigenvalue weighted by Crippen LogP contribution is 2.45. The van der Waals surface area contributed by atoms with Gasteiger partial charge in [-0.2, -0.15) is 0 Å². The van der Waals surface area contributed by atoms with Crippen LogP contribution in [0.25, 0.3) is 0 Å². The number of esters is 2. The van der Waals surface area contributed by atoms with Crippen LogP contribution in [0.15, 0.2) is 60.7 Å². The standard InChI is InChI=1S/C33H46O4/c1-2-3-4-5-6-11-22-29-25-30(29)23-12-7-8-17-24-31(37-33(35)28-20-15-10-16-21-28)26-36-32(34)27-18-13-9-14-19-27/h9-10,13-16,18-21,29-31H,2-8,11-12,17,22-26H2,1H3. The van der Waals surface area contributed by atoms with Crippen LogP contribution in [0.5, 0.6) is 0 Å². The molecule has 1 aliphatic carbocycles. The van der Waals surface area contributed by atoms with Gasteiger partial charge >= 0.3 is 11.9 Å². The van der Waals surface area contributed by atoms with E-state index in [1.165, 1.54) is 70.6 Å². The molecule has 37 heavy (non-hydrogen) atoms. The first-order chi connectivity index (χ1) is 18.2. The average Bonchev–Trinajstić information content (AvgIpc) is 3.69. The van der Waals surface area contributed by atoms with Gasteiger partial charge in [0, 0.05) is 0 Å². The van der Waals surface area contributed by atoms with Crippen molar-refractivity contribution >= 4 is 11.9 Å². The van der Waals surface area contributed by atoms with Gasteiger partial charge in [-0.25, -0.2) is 9.59 Å². The molecule has 4 nitrogen and oxygen atoms in total. The molecule has 0 amide bonds. The Hall–Kier alpha value is -2.62. The summed E-state index contributed by atoms with van der Waals surface area (Å²) < 4.78 is 11.2. The number of hydrogen-bond donors (Lipinski definition) is 0. The summed E-state index contributed by atoms with van der Waals surface area (Å²) in [6.07, 6.45) is 17.4. The normalized spacial score (nSPS) is 17.2. The Kier molecular flexibility index (Phi) is 13.3. The number of benzene rings is 2. The van der Waals surface area contributed by atoms with Gasteiger partial charge in [0.25, 0.3) is 0 Å². The predicted octanol–water partition coefficient (Wildman–Crippen LogP) is 8.80. The second kappa shape index (κ2) is 17.0. The Morgan fingerprint density at radius 3 is 1.81 bits per heavy atom. The Morgan fingerprint density at radius 1 is 0.703 bits per heavy atom. The van der Waals surface area contributed by atoms with Gasteiger partial charge in [-0.3, -0.25) is 0 Å². The third kappa shape index (κ3) is 11.5. The highest BCUT2D eigenvalue weighted by atomic mass is 16.6. The summed E-state index contributed by atoms with van der Waals surface area (Å²) in [6, 6.07) is 17.9. The molecule has 3 unspecified atom stereocenters. The molecule has 0 spiro atoms. The van der Waals surface area contributed by atoms with Crippen molar-refractivity contribution in [1.29, 1.82) is 0 Å². The minimum absolute atomic E-state index is 0.0779. The highest BCUT2D eigenvalue weighted by Gasteiger charge is 2.35. The van der Waals surface area contributed by atoms with Crippen LogP contribution in [-0.4, -0.2) is 24.6 Å². The number of carbonyl (C=O) groups is 2. The fourth-order valence-corrected chi connectivity index (χ4v) is 5.13. The van der Waals surface area contributed by atoms with Crippen LogP contribution in [-0.2, 0) is 9.47 Å². The van der Waals surface area contributed by atoms with Crippen LogP contribution in [0, 0.1) is 11.8 Å². The molecule has 0 bridgehead atoms. The minimum Gasteiger partial charge on any atom is -0.458 e. The molecule has 2 aromatic carbocycles. The van der Waals surface area contributed by atoms with Crippen LogP contribution in [0.2, 0.25) is 0 Å². The first-order valence-electron chi connectivity index (χ1n) is 14.7. The van der Waals surface area contributed by atoms with E-state index in [9.17, 15) is 9.59 Å². The first kappa shape index (κ1) is 28.9. The lowest BCUT2D eigenvalue weighted by Gasteiger charge is -2.18. The maximum Gasteiger partial charge on any atom is 0.338 e. The lowest BCUT2D eigenvalue weighted by Crippen LogP contribution is -2.25. The number of rotatable bonds is 19. The van der Waals surface area contributed by atoms with Gasteiger partial charge < -0.3 is 9.47 Å². The Morgan fingerprint density at radius 2 is 1.22 bits per heavy atom. The molecular weight excluding hydrogens is 460 g/mol. The zero-order chi connectivity index (χ0) is 26.1. The van der Waals surface area contributed by atoms with Crippen LogP contribution >= 0.6 is 0 Å². The van der Waals surface area contributed by atoms with E-state index < -0.39 is 6.10 Å². The molecule has 0 aliphatic heterocycles. The van der Waals surface area contributed by atoms with E-state index in [1.54, 1.807) is 24.3 Å². The van der Waals surface area contributed by atoms with E-state index in [-0.39, 0.29) is 18.5 Å². The topological polar surface area (TPSA) is 52.6 Å². The lowest BCUT2D eigenvalue weighted by atomic mass is 10.0. The molecule has 4 heteroatoms. The van der Waals surface area contributed by atoms with Crippen LogP contribution in [0.1, 0.15) is 118 Å². The predicted molar refractivity (Wildman–Crippen MR) is 150 cm³/mol. The molecular formula is C33H46O4. The molecule has 3 atom stereocenters. The summed E-state index contributed by atoms with van der Waals surface area (Å²) in [7, 11) is 0. The van der Waals surface area contributed by atoms with Gasteiger partial charge in [0.1, 0.15) is 12.7 Å². The van der Waals surface area contributed by atoms with E-state index >= 15 is 0 Å². The average molecular weight is 507 g/mol. The molecule has 0 N–H and O–H groups in total. The molecule has 202 valence electrons. The van der Waals surface area contributed by atoms with E-state index in [0.717, 1.165) is 24.7 Å². The van der Waals surface area contributed by atoms with E-state index in [2.05, 4.69) is 6.92 Å². The van der Waals surface area contributed by atoms with Crippen molar-refractivity contribution in [3.05, 3.63) is 71.8 Å². The molecule has 2 aromatic rings. The van der Waals surface area contributed by atoms with Crippen molar-refractivity contribution in [2.75, 3.05) is 6.61 Å². The molecule has 1 saturated carbocycles. The van der Waals surface area contributed by atoms with Crippen molar-refractivity contribution in [2.45, 2.75) is 103 Å². The summed E-state index contributed by atoms with van der Waals surface area (Å²) in [4.78, 5) is 25.0. The van der Waals surface area contributed by atoms with Gasteiger partial charge in [0.15, 0.2) is 0 Å². The summed E-state index contributed by atoms with van der Waals surface area (Å²) in [5, 5.41) is 0. The summed E-state index contributed by atoms with van der Waals surface area (Å²) in [5.74, 6) is 1.20.